The summed E-state index contributed by atoms with van der Waals surface area (Å²) >= 11 is 0. The van der Waals surface area contributed by atoms with Crippen LogP contribution < -0.4 is 16.8 Å². The minimum absolute atomic E-state index is 0.0168. The molecule has 0 amide bonds. The molecule has 5 nitrogen and oxygen atoms in total. The lowest BCUT2D eigenvalue weighted by molar-refractivity contribution is 1.12. The summed E-state index contributed by atoms with van der Waals surface area (Å²) in [6.45, 7) is 0. The van der Waals surface area contributed by atoms with Gasteiger partial charge in [-0.3, -0.25) is 4.99 Å². The number of allylic oxidation sites excluding steroid dienone is 5. The third kappa shape index (κ3) is 4.12. The van der Waals surface area contributed by atoms with E-state index in [-0.39, 0.29) is 5.96 Å². The first kappa shape index (κ1) is 11.0. The number of rotatable bonds is 1. The molecule has 0 saturated carbocycles. The van der Waals surface area contributed by atoms with Gasteiger partial charge in [0.2, 0.25) is 5.96 Å². The van der Waals surface area contributed by atoms with E-state index in [1.54, 1.807) is 7.05 Å². The summed E-state index contributed by atoms with van der Waals surface area (Å²) in [4.78, 5) is 7.74. The summed E-state index contributed by atoms with van der Waals surface area (Å²) < 4.78 is 0. The van der Waals surface area contributed by atoms with Crippen molar-refractivity contribution in [3.8, 4) is 0 Å². The van der Waals surface area contributed by atoms with Gasteiger partial charge in [0.05, 0.1) is 0 Å². The van der Waals surface area contributed by atoms with E-state index in [9.17, 15) is 0 Å². The van der Waals surface area contributed by atoms with Gasteiger partial charge in [0, 0.05) is 12.7 Å². The molecule has 0 heterocycles. The first-order chi connectivity index (χ1) is 7.22. The molecule has 0 unspecified atom stereocenters. The Hall–Kier alpha value is -2.04. The van der Waals surface area contributed by atoms with Gasteiger partial charge in [-0.05, 0) is 18.6 Å². The second kappa shape index (κ2) is 5.64. The van der Waals surface area contributed by atoms with Crippen molar-refractivity contribution in [2.75, 3.05) is 7.05 Å². The number of hydrogen-bond acceptors (Lipinski definition) is 1. The van der Waals surface area contributed by atoms with Crippen molar-refractivity contribution < 1.29 is 0 Å². The first-order valence-electron chi connectivity index (χ1n) is 4.59. The molecule has 0 aromatic rings. The van der Waals surface area contributed by atoms with Crippen LogP contribution in [0.5, 0.6) is 0 Å². The third-order valence-electron chi connectivity index (χ3n) is 1.68. The molecule has 80 valence electrons. The summed E-state index contributed by atoms with van der Waals surface area (Å²) in [5.74, 6) is 0.373. The van der Waals surface area contributed by atoms with E-state index in [0.717, 1.165) is 12.1 Å². The predicted molar refractivity (Wildman–Crippen MR) is 63.3 cm³/mol. The average Bonchev–Trinajstić information content (AvgIpc) is 2.44. The highest BCUT2D eigenvalue weighted by Gasteiger charge is 1.98. The van der Waals surface area contributed by atoms with Gasteiger partial charge >= 0.3 is 0 Å². The Kier molecular flexibility index (Phi) is 4.15. The van der Waals surface area contributed by atoms with E-state index >= 15 is 0 Å². The van der Waals surface area contributed by atoms with Gasteiger partial charge in [-0.15, -0.1) is 0 Å². The number of nitrogens with zero attached hydrogens (tertiary/aromatic N) is 2. The van der Waals surface area contributed by atoms with E-state index in [1.165, 1.54) is 0 Å². The van der Waals surface area contributed by atoms with Crippen molar-refractivity contribution in [3.05, 3.63) is 36.1 Å². The Morgan fingerprint density at radius 1 is 1.40 bits per heavy atom. The first-order valence-corrected chi connectivity index (χ1v) is 4.59. The molecule has 1 rings (SSSR count). The quantitative estimate of drug-likeness (QED) is 0.423. The fourth-order valence-corrected chi connectivity index (χ4v) is 1.05. The molecule has 0 aliphatic heterocycles. The molecule has 0 bridgehead atoms. The summed E-state index contributed by atoms with van der Waals surface area (Å²) in [5, 5.41) is 3.00. The number of guanidine groups is 2. The summed E-state index contributed by atoms with van der Waals surface area (Å²) in [7, 11) is 1.62. The molecule has 0 radical (unpaired) electrons. The molecule has 0 saturated heterocycles. The third-order valence-corrected chi connectivity index (χ3v) is 1.68. The SMILES string of the molecule is CN=C(N=C(N)N)NC1=CC=CCC=C1. The maximum Gasteiger partial charge on any atom is 0.225 e. The Balaban J connectivity index is 2.71. The summed E-state index contributed by atoms with van der Waals surface area (Å²) in [6, 6.07) is 0. The summed E-state index contributed by atoms with van der Waals surface area (Å²) in [5.41, 5.74) is 11.4. The van der Waals surface area contributed by atoms with Crippen LogP contribution in [0.25, 0.3) is 0 Å². The van der Waals surface area contributed by atoms with E-state index in [4.69, 9.17) is 11.5 Å². The molecule has 0 atom stereocenters. The van der Waals surface area contributed by atoms with E-state index in [2.05, 4.69) is 21.4 Å². The van der Waals surface area contributed by atoms with E-state index in [1.807, 2.05) is 24.3 Å². The number of nitrogens with one attached hydrogen (secondary N) is 1. The molecular weight excluding hydrogens is 190 g/mol. The normalized spacial score (nSPS) is 15.5. The second-order valence-electron chi connectivity index (χ2n) is 2.90. The highest BCUT2D eigenvalue weighted by molar-refractivity contribution is 5.94. The van der Waals surface area contributed by atoms with Gasteiger partial charge < -0.3 is 16.8 Å². The predicted octanol–water partition coefficient (Wildman–Crippen LogP) is 0.235. The van der Waals surface area contributed by atoms with E-state index < -0.39 is 0 Å². The Labute approximate surface area is 89.0 Å². The summed E-state index contributed by atoms with van der Waals surface area (Å²) in [6.07, 6.45) is 10.8. The highest BCUT2D eigenvalue weighted by Crippen LogP contribution is 2.01. The highest BCUT2D eigenvalue weighted by atomic mass is 15.2. The Bertz CT molecular complexity index is 356. The topological polar surface area (TPSA) is 88.8 Å². The van der Waals surface area contributed by atoms with Gasteiger partial charge in [-0.1, -0.05) is 18.2 Å². The zero-order chi connectivity index (χ0) is 11.1. The van der Waals surface area contributed by atoms with Gasteiger partial charge in [0.15, 0.2) is 5.96 Å². The maximum atomic E-state index is 5.26. The minimum atomic E-state index is -0.0168. The lowest BCUT2D eigenvalue weighted by Crippen LogP contribution is -2.29. The zero-order valence-electron chi connectivity index (χ0n) is 8.64. The molecule has 0 aromatic carbocycles. The van der Waals surface area contributed by atoms with Crippen LogP contribution in [-0.2, 0) is 0 Å². The smallest absolute Gasteiger partial charge is 0.225 e. The van der Waals surface area contributed by atoms with Crippen LogP contribution in [0.15, 0.2) is 46.1 Å². The Morgan fingerprint density at radius 2 is 2.20 bits per heavy atom. The molecule has 5 heteroatoms. The van der Waals surface area contributed by atoms with Crippen molar-refractivity contribution in [2.24, 2.45) is 21.5 Å². The van der Waals surface area contributed by atoms with Crippen LogP contribution in [0.4, 0.5) is 0 Å². The molecule has 0 fully saturated rings. The average molecular weight is 205 g/mol. The van der Waals surface area contributed by atoms with Crippen LogP contribution in [-0.4, -0.2) is 19.0 Å². The van der Waals surface area contributed by atoms with Crippen molar-refractivity contribution in [3.63, 3.8) is 0 Å². The molecule has 1 aliphatic carbocycles. The largest absolute Gasteiger partial charge is 0.370 e. The van der Waals surface area contributed by atoms with Crippen molar-refractivity contribution in [1.82, 2.24) is 5.32 Å². The molecular formula is C10H15N5. The van der Waals surface area contributed by atoms with Crippen LogP contribution in [0.3, 0.4) is 0 Å². The van der Waals surface area contributed by atoms with Crippen molar-refractivity contribution in [2.45, 2.75) is 6.42 Å². The van der Waals surface area contributed by atoms with Crippen LogP contribution in [0.2, 0.25) is 0 Å². The van der Waals surface area contributed by atoms with Gasteiger partial charge in [-0.2, -0.15) is 4.99 Å². The lowest BCUT2D eigenvalue weighted by atomic mass is 10.3. The molecule has 5 N–H and O–H groups in total. The second-order valence-corrected chi connectivity index (χ2v) is 2.90. The molecule has 0 spiro atoms. The van der Waals surface area contributed by atoms with Crippen molar-refractivity contribution >= 4 is 11.9 Å². The van der Waals surface area contributed by atoms with Gasteiger partial charge in [-0.25, -0.2) is 0 Å². The fraction of sp³-hybridized carbons (Fsp3) is 0.200. The fourth-order valence-electron chi connectivity index (χ4n) is 1.05. The maximum absolute atomic E-state index is 5.26. The van der Waals surface area contributed by atoms with Crippen LogP contribution in [0.1, 0.15) is 6.42 Å². The lowest BCUT2D eigenvalue weighted by Gasteiger charge is -2.05. The van der Waals surface area contributed by atoms with Crippen molar-refractivity contribution in [1.29, 1.82) is 0 Å². The number of aliphatic imine (C=N–C) groups is 2. The van der Waals surface area contributed by atoms with Gasteiger partial charge in [0.1, 0.15) is 0 Å². The number of nitrogens with two attached hydrogens (primary N) is 2. The monoisotopic (exact) mass is 205 g/mol. The molecule has 1 aliphatic rings. The molecule has 15 heavy (non-hydrogen) atoms. The number of hydrogen-bond donors (Lipinski definition) is 3. The van der Waals surface area contributed by atoms with Crippen LogP contribution >= 0.6 is 0 Å². The minimum Gasteiger partial charge on any atom is -0.370 e. The molecule has 0 aromatic heterocycles. The van der Waals surface area contributed by atoms with Crippen LogP contribution in [0, 0.1) is 0 Å². The Morgan fingerprint density at radius 3 is 2.87 bits per heavy atom. The zero-order valence-corrected chi connectivity index (χ0v) is 8.64. The van der Waals surface area contributed by atoms with Gasteiger partial charge in [0.25, 0.3) is 0 Å². The standard InChI is InChI=1S/C10H15N5/c1-13-10(15-9(11)12)14-8-6-4-2-3-5-7-8/h2,4-7H,3H2,1H3,(H5,11,12,13,14,15). The van der Waals surface area contributed by atoms with E-state index in [0.29, 0.717) is 5.96 Å².